The molecule has 5 rings (SSSR count). The molecule has 0 amide bonds. The molecular formula is C26H24N2O5S. The molecule has 1 aliphatic rings. The first kappa shape index (κ1) is 22.0. The molecule has 4 aromatic rings. The minimum atomic E-state index is -4.02. The van der Waals surface area contributed by atoms with Gasteiger partial charge in [-0.1, -0.05) is 48.0 Å². The van der Waals surface area contributed by atoms with Crippen molar-refractivity contribution in [1.82, 2.24) is 4.98 Å². The normalized spacial score (nSPS) is 13.0. The van der Waals surface area contributed by atoms with E-state index in [1.807, 2.05) is 61.5 Å². The van der Waals surface area contributed by atoms with Crippen molar-refractivity contribution in [2.75, 3.05) is 25.2 Å². The summed E-state index contributed by atoms with van der Waals surface area (Å²) in [5, 5.41) is -0.141. The lowest BCUT2D eigenvalue weighted by Gasteiger charge is -2.19. The fraction of sp³-hybridized carbons (Fsp3) is 0.192. The van der Waals surface area contributed by atoms with Crippen LogP contribution < -0.4 is 14.4 Å². The van der Waals surface area contributed by atoms with Crippen LogP contribution in [0.5, 0.6) is 11.5 Å². The second-order valence-electron chi connectivity index (χ2n) is 8.15. The van der Waals surface area contributed by atoms with Crippen LogP contribution in [0.25, 0.3) is 11.5 Å². The molecule has 1 aromatic heterocycles. The second-order valence-corrected chi connectivity index (χ2v) is 10.0. The van der Waals surface area contributed by atoms with Crippen molar-refractivity contribution >= 4 is 15.7 Å². The highest BCUT2D eigenvalue weighted by molar-refractivity contribution is 7.91. The van der Waals surface area contributed by atoms with E-state index in [0.29, 0.717) is 36.8 Å². The maximum Gasteiger partial charge on any atom is 0.236 e. The van der Waals surface area contributed by atoms with Crippen molar-refractivity contribution in [3.63, 3.8) is 0 Å². The van der Waals surface area contributed by atoms with Crippen molar-refractivity contribution in [3.05, 3.63) is 83.9 Å². The zero-order chi connectivity index (χ0) is 23.7. The summed E-state index contributed by atoms with van der Waals surface area (Å²) in [6.07, 6.45) is 0. The highest BCUT2D eigenvalue weighted by Gasteiger charge is 2.31. The minimum Gasteiger partial charge on any atom is -0.486 e. The Labute approximate surface area is 198 Å². The van der Waals surface area contributed by atoms with Crippen molar-refractivity contribution in [3.8, 4) is 23.0 Å². The van der Waals surface area contributed by atoms with E-state index in [9.17, 15) is 8.42 Å². The molecule has 174 valence electrons. The van der Waals surface area contributed by atoms with E-state index in [0.717, 1.165) is 11.1 Å². The highest BCUT2D eigenvalue weighted by atomic mass is 32.2. The largest absolute Gasteiger partial charge is 0.486 e. The molecule has 0 unspecified atom stereocenters. The number of hydrogen-bond donors (Lipinski definition) is 0. The Hall–Kier alpha value is -3.78. The van der Waals surface area contributed by atoms with Gasteiger partial charge in [0.1, 0.15) is 13.2 Å². The molecule has 7 nitrogen and oxygen atoms in total. The van der Waals surface area contributed by atoms with Crippen LogP contribution in [0.4, 0.5) is 5.88 Å². The van der Waals surface area contributed by atoms with E-state index in [-0.39, 0.29) is 21.7 Å². The third kappa shape index (κ3) is 4.24. The smallest absolute Gasteiger partial charge is 0.236 e. The molecule has 3 aromatic carbocycles. The number of nitrogens with zero attached hydrogens (tertiary/aromatic N) is 2. The second kappa shape index (κ2) is 8.87. The molecule has 0 spiro atoms. The average Bonchev–Trinajstić information content (AvgIpc) is 3.31. The Kier molecular flexibility index (Phi) is 5.75. The lowest BCUT2D eigenvalue weighted by molar-refractivity contribution is 0.171. The molecule has 0 radical (unpaired) electrons. The molecule has 8 heteroatoms. The first-order valence-corrected chi connectivity index (χ1v) is 12.4. The Morgan fingerprint density at radius 3 is 2.35 bits per heavy atom. The van der Waals surface area contributed by atoms with Gasteiger partial charge in [-0.25, -0.2) is 8.42 Å². The van der Waals surface area contributed by atoms with Gasteiger partial charge in [0.25, 0.3) is 0 Å². The van der Waals surface area contributed by atoms with E-state index in [2.05, 4.69) is 4.98 Å². The van der Waals surface area contributed by atoms with Gasteiger partial charge in [-0.05, 0) is 36.8 Å². The molecule has 0 saturated heterocycles. The molecular weight excluding hydrogens is 452 g/mol. The lowest BCUT2D eigenvalue weighted by atomic mass is 10.1. The van der Waals surface area contributed by atoms with Gasteiger partial charge in [0.15, 0.2) is 11.5 Å². The molecule has 0 N–H and O–H groups in total. The number of fused-ring (bicyclic) bond motifs is 1. The van der Waals surface area contributed by atoms with E-state index in [4.69, 9.17) is 13.9 Å². The maximum absolute atomic E-state index is 13.8. The third-order valence-electron chi connectivity index (χ3n) is 5.57. The highest BCUT2D eigenvalue weighted by Crippen LogP contribution is 2.38. The van der Waals surface area contributed by atoms with Crippen LogP contribution in [0.1, 0.15) is 11.1 Å². The number of ether oxygens (including phenoxy) is 2. The Bertz CT molecular complexity index is 1410. The fourth-order valence-corrected chi connectivity index (χ4v) is 5.13. The van der Waals surface area contributed by atoms with Gasteiger partial charge in [0, 0.05) is 25.2 Å². The first-order valence-electron chi connectivity index (χ1n) is 10.9. The van der Waals surface area contributed by atoms with Crippen LogP contribution in [-0.2, 0) is 16.4 Å². The molecule has 0 bridgehead atoms. The van der Waals surface area contributed by atoms with Crippen LogP contribution in [0.3, 0.4) is 0 Å². The average molecular weight is 477 g/mol. The number of benzene rings is 3. The number of sulfone groups is 1. The molecule has 2 heterocycles. The van der Waals surface area contributed by atoms with Crippen molar-refractivity contribution < 1.29 is 22.3 Å². The van der Waals surface area contributed by atoms with E-state index < -0.39 is 9.84 Å². The van der Waals surface area contributed by atoms with Gasteiger partial charge >= 0.3 is 0 Å². The standard InChI is InChI=1S/C26H24N2O5S/c1-18-8-10-20(11-9-18)24-27-25(26(33-24)28(2)17-19-6-4-3-5-7-19)34(29,30)21-12-13-22-23(16-21)32-15-14-31-22/h3-13,16H,14-15,17H2,1-2H3. The molecule has 0 atom stereocenters. The fourth-order valence-electron chi connectivity index (χ4n) is 3.77. The third-order valence-corrected chi connectivity index (χ3v) is 7.22. The maximum atomic E-state index is 13.8. The van der Waals surface area contributed by atoms with Gasteiger partial charge in [0.2, 0.25) is 26.6 Å². The van der Waals surface area contributed by atoms with E-state index in [1.54, 1.807) is 18.0 Å². The Morgan fingerprint density at radius 1 is 0.912 bits per heavy atom. The number of rotatable bonds is 6. The minimum absolute atomic E-state index is 0.0647. The number of aromatic nitrogens is 1. The number of anilines is 1. The van der Waals surface area contributed by atoms with Gasteiger partial charge < -0.3 is 18.8 Å². The number of oxazole rings is 1. The SMILES string of the molecule is Cc1ccc(-c2nc(S(=O)(=O)c3ccc4c(c3)OCCO4)c(N(C)Cc3ccccc3)o2)cc1. The summed E-state index contributed by atoms with van der Waals surface area (Å²) in [5.41, 5.74) is 2.80. The Morgan fingerprint density at radius 2 is 1.62 bits per heavy atom. The summed E-state index contributed by atoms with van der Waals surface area (Å²) in [7, 11) is -2.23. The van der Waals surface area contributed by atoms with Crippen molar-refractivity contribution in [2.24, 2.45) is 0 Å². The van der Waals surface area contributed by atoms with Crippen LogP contribution in [0.2, 0.25) is 0 Å². The van der Waals surface area contributed by atoms with Crippen LogP contribution in [0.15, 0.2) is 87.1 Å². The van der Waals surface area contributed by atoms with Crippen LogP contribution >= 0.6 is 0 Å². The zero-order valence-electron chi connectivity index (χ0n) is 18.9. The molecule has 0 aliphatic carbocycles. The molecule has 34 heavy (non-hydrogen) atoms. The summed E-state index contributed by atoms with van der Waals surface area (Å²) < 4.78 is 44.7. The number of hydrogen-bond acceptors (Lipinski definition) is 7. The predicted octanol–water partition coefficient (Wildman–Crippen LogP) is 4.89. The summed E-state index contributed by atoms with van der Waals surface area (Å²) in [5.74, 6) is 1.33. The van der Waals surface area contributed by atoms with Gasteiger partial charge in [-0.3, -0.25) is 0 Å². The summed E-state index contributed by atoms with van der Waals surface area (Å²) >= 11 is 0. The molecule has 1 aliphatic heterocycles. The number of aryl methyl sites for hydroxylation is 1. The topological polar surface area (TPSA) is 81.9 Å². The molecule has 0 saturated carbocycles. The van der Waals surface area contributed by atoms with Gasteiger partial charge in [0.05, 0.1) is 4.90 Å². The van der Waals surface area contributed by atoms with Crippen molar-refractivity contribution in [2.45, 2.75) is 23.4 Å². The monoisotopic (exact) mass is 476 g/mol. The lowest BCUT2D eigenvalue weighted by Crippen LogP contribution is -2.19. The quantitative estimate of drug-likeness (QED) is 0.392. The zero-order valence-corrected chi connectivity index (χ0v) is 19.7. The van der Waals surface area contributed by atoms with Crippen molar-refractivity contribution in [1.29, 1.82) is 0 Å². The van der Waals surface area contributed by atoms with Crippen LogP contribution in [0, 0.1) is 6.92 Å². The predicted molar refractivity (Wildman–Crippen MR) is 128 cm³/mol. The first-order chi connectivity index (χ1) is 16.4. The van der Waals surface area contributed by atoms with Crippen LogP contribution in [-0.4, -0.2) is 33.7 Å². The Balaban J connectivity index is 1.60. The summed E-state index contributed by atoms with van der Waals surface area (Å²) in [6.45, 7) is 3.23. The van der Waals surface area contributed by atoms with Gasteiger partial charge in [-0.2, -0.15) is 4.98 Å². The summed E-state index contributed by atoms with van der Waals surface area (Å²) in [6, 6.07) is 21.9. The van der Waals surface area contributed by atoms with E-state index >= 15 is 0 Å². The summed E-state index contributed by atoms with van der Waals surface area (Å²) in [4.78, 5) is 6.28. The molecule has 0 fully saturated rings. The van der Waals surface area contributed by atoms with Gasteiger partial charge in [-0.15, -0.1) is 0 Å². The van der Waals surface area contributed by atoms with E-state index in [1.165, 1.54) is 12.1 Å².